The maximum Gasteiger partial charge on any atom is 0.0595 e. The van der Waals surface area contributed by atoms with Crippen molar-refractivity contribution in [3.63, 3.8) is 0 Å². The van der Waals surface area contributed by atoms with Crippen molar-refractivity contribution in [1.82, 2.24) is 4.98 Å². The fourth-order valence-corrected chi connectivity index (χ4v) is 5.19. The van der Waals surface area contributed by atoms with Crippen LogP contribution in [-0.4, -0.2) is 27.4 Å². The zero-order chi connectivity index (χ0) is 20.9. The summed E-state index contributed by atoms with van der Waals surface area (Å²) in [6.45, 7) is 2.10. The van der Waals surface area contributed by atoms with Gasteiger partial charge in [-0.1, -0.05) is 43.0 Å². The van der Waals surface area contributed by atoms with Crippen molar-refractivity contribution >= 4 is 10.8 Å². The molecule has 167 valence electrons. The number of rotatable bonds is 1. The maximum absolute atomic E-state index is 9.89. The van der Waals surface area contributed by atoms with Crippen LogP contribution in [0.3, 0.4) is 0 Å². The van der Waals surface area contributed by atoms with Crippen LogP contribution < -0.4 is 0 Å². The summed E-state index contributed by atoms with van der Waals surface area (Å²) in [4.78, 5) is 4.49. The van der Waals surface area contributed by atoms with Crippen LogP contribution in [0, 0.1) is 24.8 Å². The Morgan fingerprint density at radius 3 is 2.42 bits per heavy atom. The van der Waals surface area contributed by atoms with Gasteiger partial charge in [-0.25, -0.2) is 0 Å². The average molecular weight is 595 g/mol. The fourth-order valence-electron chi connectivity index (χ4n) is 5.19. The van der Waals surface area contributed by atoms with Gasteiger partial charge in [-0.2, -0.15) is 0 Å². The molecular formula is C27H32IrNO2-. The molecule has 2 fully saturated rings. The third kappa shape index (κ3) is 5.81. The molecule has 3 aromatic rings. The summed E-state index contributed by atoms with van der Waals surface area (Å²) in [5.41, 5.74) is 3.30. The topological polar surface area (TPSA) is 53.4 Å². The molecule has 4 heteroatoms. The van der Waals surface area contributed by atoms with Gasteiger partial charge in [0.15, 0.2) is 0 Å². The first-order valence-electron chi connectivity index (χ1n) is 11.3. The molecule has 4 atom stereocenters. The van der Waals surface area contributed by atoms with Crippen molar-refractivity contribution in [3.05, 3.63) is 66.4 Å². The van der Waals surface area contributed by atoms with Crippen molar-refractivity contribution in [2.24, 2.45) is 11.8 Å². The molecule has 5 rings (SSSR count). The van der Waals surface area contributed by atoms with Gasteiger partial charge in [-0.3, -0.25) is 0 Å². The summed E-state index contributed by atoms with van der Waals surface area (Å²) >= 11 is 0. The summed E-state index contributed by atoms with van der Waals surface area (Å²) in [5, 5.41) is 22.1. The number of benzene rings is 2. The molecule has 2 aliphatic carbocycles. The van der Waals surface area contributed by atoms with E-state index in [2.05, 4.69) is 36.2 Å². The van der Waals surface area contributed by atoms with E-state index in [1.807, 2.05) is 36.5 Å². The van der Waals surface area contributed by atoms with Gasteiger partial charge in [0.05, 0.1) is 12.2 Å². The van der Waals surface area contributed by atoms with Crippen LogP contribution in [-0.2, 0) is 20.1 Å². The quantitative estimate of drug-likeness (QED) is 0.355. The van der Waals surface area contributed by atoms with E-state index in [1.165, 1.54) is 35.6 Å². The van der Waals surface area contributed by atoms with E-state index in [4.69, 9.17) is 0 Å². The van der Waals surface area contributed by atoms with Gasteiger partial charge in [0.1, 0.15) is 0 Å². The van der Waals surface area contributed by atoms with Crippen molar-refractivity contribution in [2.45, 2.75) is 64.1 Å². The largest absolute Gasteiger partial charge is 0.393 e. The molecule has 1 radical (unpaired) electrons. The molecule has 2 N–H and O–H groups in total. The van der Waals surface area contributed by atoms with Crippen LogP contribution in [0.25, 0.3) is 22.0 Å². The predicted molar refractivity (Wildman–Crippen MR) is 122 cm³/mol. The fraction of sp³-hybridized carbons (Fsp3) is 0.444. The van der Waals surface area contributed by atoms with Crippen LogP contribution in [0.15, 0.2) is 54.7 Å². The van der Waals surface area contributed by atoms with E-state index in [1.54, 1.807) is 0 Å². The molecule has 0 saturated heterocycles. The van der Waals surface area contributed by atoms with E-state index in [0.717, 1.165) is 36.9 Å². The van der Waals surface area contributed by atoms with E-state index in [9.17, 15) is 10.2 Å². The third-order valence-electron chi connectivity index (χ3n) is 6.72. The zero-order valence-electron chi connectivity index (χ0n) is 18.1. The van der Waals surface area contributed by atoms with E-state index < -0.39 is 0 Å². The number of hydrogen-bond donors (Lipinski definition) is 2. The minimum atomic E-state index is -0.234. The summed E-state index contributed by atoms with van der Waals surface area (Å²) < 4.78 is 0. The Balaban J connectivity index is 0.000000176. The summed E-state index contributed by atoms with van der Waals surface area (Å²) in [6, 6.07) is 19.7. The minimum Gasteiger partial charge on any atom is -0.393 e. The standard InChI is InChI=1S/C16H12N.C11H20O2.Ir/c1-12-7-8-13-9-10-17-16(15(13)11-12)14-5-3-2-4-6-14;12-9-6-2-1-4-8-5-3-7-10(13)11(8)9;/h2-5,7-11H,1H3;8-13H,1-7H2;/q-1;;. The van der Waals surface area contributed by atoms with Gasteiger partial charge in [0, 0.05) is 32.2 Å². The van der Waals surface area contributed by atoms with Crippen LogP contribution >= 0.6 is 0 Å². The first-order chi connectivity index (χ1) is 14.6. The SMILES string of the molecule is Cc1ccc2ccnc(-c3[c-]cccc3)c2c1.OC1CCCCC2CCCC(O)C12.[Ir]. The molecule has 0 bridgehead atoms. The Kier molecular flexibility index (Phi) is 8.80. The number of aliphatic hydroxyl groups is 2. The molecule has 3 nitrogen and oxygen atoms in total. The number of nitrogens with zero attached hydrogens (tertiary/aromatic N) is 1. The molecule has 0 spiro atoms. The van der Waals surface area contributed by atoms with Gasteiger partial charge in [-0.15, -0.1) is 35.9 Å². The minimum absolute atomic E-state index is 0. The second-order valence-corrected chi connectivity index (χ2v) is 8.85. The number of pyridine rings is 1. The van der Waals surface area contributed by atoms with Gasteiger partial charge in [0.2, 0.25) is 0 Å². The van der Waals surface area contributed by atoms with E-state index >= 15 is 0 Å². The number of aliphatic hydroxyl groups excluding tert-OH is 2. The Morgan fingerprint density at radius 1 is 0.903 bits per heavy atom. The third-order valence-corrected chi connectivity index (χ3v) is 6.72. The van der Waals surface area contributed by atoms with E-state index in [-0.39, 0.29) is 38.2 Å². The van der Waals surface area contributed by atoms with Gasteiger partial charge < -0.3 is 15.2 Å². The summed E-state index contributed by atoms with van der Waals surface area (Å²) in [5.74, 6) is 0.789. The number of hydrogen-bond acceptors (Lipinski definition) is 3. The Hall–Kier alpha value is -1.58. The molecule has 2 saturated carbocycles. The average Bonchev–Trinajstić information content (AvgIpc) is 2.96. The van der Waals surface area contributed by atoms with Crippen LogP contribution in [0.4, 0.5) is 0 Å². The predicted octanol–water partition coefficient (Wildman–Crippen LogP) is 5.71. The van der Waals surface area contributed by atoms with Crippen LogP contribution in [0.5, 0.6) is 0 Å². The Morgan fingerprint density at radius 2 is 1.65 bits per heavy atom. The zero-order valence-corrected chi connectivity index (χ0v) is 20.5. The molecule has 2 aliphatic rings. The number of fused-ring (bicyclic) bond motifs is 2. The Bertz CT molecular complexity index is 962. The van der Waals surface area contributed by atoms with Crippen LogP contribution in [0.1, 0.15) is 50.5 Å². The second-order valence-electron chi connectivity index (χ2n) is 8.85. The van der Waals surface area contributed by atoms with Gasteiger partial charge in [-0.05, 0) is 61.1 Å². The van der Waals surface area contributed by atoms with E-state index in [0.29, 0.717) is 5.92 Å². The molecule has 0 amide bonds. The number of aromatic nitrogens is 1. The Labute approximate surface area is 199 Å². The molecule has 2 aromatic carbocycles. The maximum atomic E-state index is 9.89. The van der Waals surface area contributed by atoms with Crippen LogP contribution in [0.2, 0.25) is 0 Å². The smallest absolute Gasteiger partial charge is 0.0595 e. The normalized spacial score (nSPS) is 25.4. The molecule has 4 unspecified atom stereocenters. The van der Waals surface area contributed by atoms with Crippen molar-refractivity contribution < 1.29 is 30.3 Å². The number of aryl methyl sites for hydroxylation is 1. The van der Waals surface area contributed by atoms with Crippen molar-refractivity contribution in [1.29, 1.82) is 0 Å². The van der Waals surface area contributed by atoms with Gasteiger partial charge >= 0.3 is 0 Å². The first-order valence-corrected chi connectivity index (χ1v) is 11.3. The summed E-state index contributed by atoms with van der Waals surface area (Å²) in [6.07, 6.45) is 9.16. The molecule has 1 heterocycles. The monoisotopic (exact) mass is 595 g/mol. The first kappa shape index (κ1) is 24.1. The summed E-state index contributed by atoms with van der Waals surface area (Å²) in [7, 11) is 0. The molecular weight excluding hydrogens is 563 g/mol. The molecule has 0 aliphatic heterocycles. The molecule has 1 aromatic heterocycles. The molecule has 31 heavy (non-hydrogen) atoms. The van der Waals surface area contributed by atoms with Crippen molar-refractivity contribution in [2.75, 3.05) is 0 Å². The second kappa shape index (κ2) is 11.3. The van der Waals surface area contributed by atoms with Gasteiger partial charge in [0.25, 0.3) is 0 Å². The van der Waals surface area contributed by atoms with Crippen molar-refractivity contribution in [3.8, 4) is 11.3 Å².